The maximum atomic E-state index is 11.9. The fourth-order valence-electron chi connectivity index (χ4n) is 5.38. The van der Waals surface area contributed by atoms with Crippen LogP contribution in [0.1, 0.15) is 142 Å². The lowest BCUT2D eigenvalue weighted by atomic mass is 10.0. The number of aromatic carboxylic acids is 2. The molecule has 0 spiro atoms. The molecule has 0 aliphatic rings. The second-order valence-corrected chi connectivity index (χ2v) is 10.8. The molecule has 0 atom stereocenters. The quantitative estimate of drug-likeness (QED) is 0.141. The smallest absolute Gasteiger partial charge is 0.339 e. The fourth-order valence-corrected chi connectivity index (χ4v) is 5.38. The number of para-hydroxylation sites is 1. The van der Waals surface area contributed by atoms with Gasteiger partial charge in [-0.2, -0.15) is 0 Å². The van der Waals surface area contributed by atoms with E-state index in [1.807, 2.05) is 12.1 Å². The van der Waals surface area contributed by atoms with Crippen LogP contribution in [-0.2, 0) is 0 Å². The number of furan rings is 1. The van der Waals surface area contributed by atoms with Crippen LogP contribution < -0.4 is 0 Å². The molecule has 3 aromatic rings. The highest BCUT2D eigenvalue weighted by atomic mass is 16.4. The third kappa shape index (κ3) is 9.56. The molecule has 0 amide bonds. The third-order valence-electron chi connectivity index (χ3n) is 7.62. The second kappa shape index (κ2) is 16.8. The van der Waals surface area contributed by atoms with Gasteiger partial charge in [0, 0.05) is 10.8 Å². The molecule has 0 saturated carbocycles. The average molecular weight is 535 g/mol. The van der Waals surface area contributed by atoms with Crippen LogP contribution in [0.4, 0.5) is 0 Å². The van der Waals surface area contributed by atoms with Crippen molar-refractivity contribution in [1.82, 2.24) is 0 Å². The molecular formula is C34H46O5. The summed E-state index contributed by atoms with van der Waals surface area (Å²) in [4.78, 5) is 23.5. The van der Waals surface area contributed by atoms with E-state index in [9.17, 15) is 19.8 Å². The zero-order chi connectivity index (χ0) is 27.9. The van der Waals surface area contributed by atoms with Crippen molar-refractivity contribution in [3.05, 3.63) is 53.1 Å². The van der Waals surface area contributed by atoms with E-state index in [0.717, 1.165) is 18.4 Å². The summed E-state index contributed by atoms with van der Waals surface area (Å²) < 4.78 is 5.75. The van der Waals surface area contributed by atoms with Crippen LogP contribution in [-0.4, -0.2) is 22.2 Å². The van der Waals surface area contributed by atoms with Crippen LogP contribution in [0.3, 0.4) is 0 Å². The number of allylic oxidation sites excluding steroid dienone is 1. The van der Waals surface area contributed by atoms with Gasteiger partial charge in [0.1, 0.15) is 22.3 Å². The van der Waals surface area contributed by atoms with Crippen molar-refractivity contribution in [3.8, 4) is 0 Å². The molecule has 5 heteroatoms. The summed E-state index contributed by atoms with van der Waals surface area (Å²) in [7, 11) is 0. The van der Waals surface area contributed by atoms with Gasteiger partial charge in [-0.3, -0.25) is 0 Å². The Hall–Kier alpha value is -3.08. The Kier molecular flexibility index (Phi) is 13.1. The molecule has 2 aromatic carbocycles. The molecule has 1 aromatic heterocycles. The van der Waals surface area contributed by atoms with Gasteiger partial charge in [-0.05, 0) is 36.6 Å². The van der Waals surface area contributed by atoms with Crippen LogP contribution in [0.25, 0.3) is 28.0 Å². The van der Waals surface area contributed by atoms with Gasteiger partial charge in [-0.25, -0.2) is 9.59 Å². The van der Waals surface area contributed by atoms with E-state index in [1.165, 1.54) is 102 Å². The minimum Gasteiger partial charge on any atom is -0.478 e. The number of hydrogen-bond acceptors (Lipinski definition) is 3. The van der Waals surface area contributed by atoms with Gasteiger partial charge in [0.25, 0.3) is 0 Å². The zero-order valence-corrected chi connectivity index (χ0v) is 23.7. The van der Waals surface area contributed by atoms with Gasteiger partial charge >= 0.3 is 11.9 Å². The normalized spacial score (nSPS) is 11.7. The van der Waals surface area contributed by atoms with Gasteiger partial charge in [0.15, 0.2) is 0 Å². The first-order valence-electron chi connectivity index (χ1n) is 15.1. The summed E-state index contributed by atoms with van der Waals surface area (Å²) in [5.41, 5.74) is 1.26. The van der Waals surface area contributed by atoms with Crippen LogP contribution >= 0.6 is 0 Å². The average Bonchev–Trinajstić information content (AvgIpc) is 3.30. The molecule has 3 rings (SSSR count). The summed E-state index contributed by atoms with van der Waals surface area (Å²) in [6.07, 6.45) is 26.6. The topological polar surface area (TPSA) is 87.7 Å². The first-order chi connectivity index (χ1) is 19.0. The lowest BCUT2D eigenvalue weighted by Crippen LogP contribution is -1.97. The van der Waals surface area contributed by atoms with E-state index in [2.05, 4.69) is 13.0 Å². The number of unbranched alkanes of at least 4 members (excludes halogenated alkanes) is 16. The molecule has 0 fully saturated rings. The van der Waals surface area contributed by atoms with Crippen molar-refractivity contribution >= 4 is 40.0 Å². The fraction of sp³-hybridized carbons (Fsp3) is 0.529. The Morgan fingerprint density at radius 1 is 0.667 bits per heavy atom. The number of carboxylic acid groups (broad SMARTS) is 2. The highest BCUT2D eigenvalue weighted by Crippen LogP contribution is 2.34. The van der Waals surface area contributed by atoms with Gasteiger partial charge < -0.3 is 14.6 Å². The number of carbonyl (C=O) groups is 2. The van der Waals surface area contributed by atoms with E-state index < -0.39 is 11.9 Å². The van der Waals surface area contributed by atoms with Crippen molar-refractivity contribution in [2.45, 2.75) is 116 Å². The lowest BCUT2D eigenvalue weighted by Gasteiger charge is -2.03. The van der Waals surface area contributed by atoms with Crippen molar-refractivity contribution < 1.29 is 24.2 Å². The van der Waals surface area contributed by atoms with E-state index in [-0.39, 0.29) is 22.3 Å². The number of fused-ring (bicyclic) bond motifs is 3. The molecular weight excluding hydrogens is 488 g/mol. The number of hydrogen-bond donors (Lipinski definition) is 2. The van der Waals surface area contributed by atoms with Crippen LogP contribution in [0, 0.1) is 0 Å². The number of benzene rings is 2. The minimum atomic E-state index is -1.10. The van der Waals surface area contributed by atoms with Crippen molar-refractivity contribution in [3.63, 3.8) is 0 Å². The molecule has 0 radical (unpaired) electrons. The van der Waals surface area contributed by atoms with Crippen LogP contribution in [0.2, 0.25) is 0 Å². The Morgan fingerprint density at radius 3 is 1.72 bits per heavy atom. The summed E-state index contributed by atoms with van der Waals surface area (Å²) >= 11 is 0. The zero-order valence-electron chi connectivity index (χ0n) is 23.7. The van der Waals surface area contributed by atoms with Crippen molar-refractivity contribution in [2.75, 3.05) is 0 Å². The molecule has 0 aliphatic carbocycles. The van der Waals surface area contributed by atoms with Gasteiger partial charge in [-0.15, -0.1) is 0 Å². The summed E-state index contributed by atoms with van der Waals surface area (Å²) in [5.74, 6) is -2.19. The molecule has 212 valence electrons. The van der Waals surface area contributed by atoms with Crippen molar-refractivity contribution in [1.29, 1.82) is 0 Å². The van der Waals surface area contributed by atoms with E-state index in [4.69, 9.17) is 4.42 Å². The number of carboxylic acids is 2. The minimum absolute atomic E-state index is 0.0284. The lowest BCUT2D eigenvalue weighted by molar-refractivity contribution is 0.0688. The molecule has 39 heavy (non-hydrogen) atoms. The molecule has 0 unspecified atom stereocenters. The molecule has 5 nitrogen and oxygen atoms in total. The maximum Gasteiger partial charge on any atom is 0.339 e. The maximum absolute atomic E-state index is 11.9. The van der Waals surface area contributed by atoms with Gasteiger partial charge in [0.05, 0.1) is 0 Å². The van der Waals surface area contributed by atoms with E-state index in [1.54, 1.807) is 18.2 Å². The first-order valence-corrected chi connectivity index (χ1v) is 15.1. The highest BCUT2D eigenvalue weighted by molar-refractivity contribution is 6.16. The molecule has 1 heterocycles. The Bertz CT molecular complexity index is 1220. The predicted octanol–water partition coefficient (Wildman–Crippen LogP) is 10.6. The van der Waals surface area contributed by atoms with E-state index >= 15 is 0 Å². The largest absolute Gasteiger partial charge is 0.478 e. The predicted molar refractivity (Wildman–Crippen MR) is 161 cm³/mol. The molecule has 0 aliphatic heterocycles. The Balaban J connectivity index is 1.35. The third-order valence-corrected chi connectivity index (χ3v) is 7.62. The Labute approximate surface area is 233 Å². The van der Waals surface area contributed by atoms with Crippen LogP contribution in [0.15, 0.2) is 40.8 Å². The van der Waals surface area contributed by atoms with E-state index in [0.29, 0.717) is 10.8 Å². The molecule has 0 bridgehead atoms. The number of rotatable bonds is 20. The van der Waals surface area contributed by atoms with Gasteiger partial charge in [-0.1, -0.05) is 128 Å². The molecule has 0 saturated heterocycles. The SMILES string of the molecule is CCCCCCCCCCCCCCCCCC/C=C/c1cc(C(=O)O)c2oc3c(C(=O)O)cccc3c2c1. The highest BCUT2D eigenvalue weighted by Gasteiger charge is 2.20. The van der Waals surface area contributed by atoms with Gasteiger partial charge in [0.2, 0.25) is 0 Å². The summed E-state index contributed by atoms with van der Waals surface area (Å²) in [6.45, 7) is 2.27. The second-order valence-electron chi connectivity index (χ2n) is 10.8. The summed E-state index contributed by atoms with van der Waals surface area (Å²) in [6, 6.07) is 8.36. The van der Waals surface area contributed by atoms with Crippen LogP contribution in [0.5, 0.6) is 0 Å². The Morgan fingerprint density at radius 2 is 1.18 bits per heavy atom. The van der Waals surface area contributed by atoms with Crippen molar-refractivity contribution in [2.24, 2.45) is 0 Å². The summed E-state index contributed by atoms with van der Waals surface area (Å²) in [5, 5.41) is 20.4. The first kappa shape index (κ1) is 30.5. The standard InChI is InChI=1S/C34H46O5/c1-2-3-4-5-6-7-8-9-10-11-12-13-14-15-16-17-18-19-21-26-24-29-27-22-20-23-28(33(35)36)31(27)39-32(29)30(25-26)34(37)38/h19-25H,2-18H2,1H3,(H,35,36)(H,37,38)/b21-19+. The monoisotopic (exact) mass is 534 g/mol. The molecule has 2 N–H and O–H groups in total.